The molecule has 0 atom stereocenters. The third-order valence-corrected chi connectivity index (χ3v) is 3.66. The first-order valence-electron chi connectivity index (χ1n) is 6.70. The van der Waals surface area contributed by atoms with Crippen molar-refractivity contribution < 1.29 is 4.42 Å². The molecule has 17 heavy (non-hydrogen) atoms. The van der Waals surface area contributed by atoms with Crippen molar-refractivity contribution in [3.05, 3.63) is 35.8 Å². The van der Waals surface area contributed by atoms with Crippen LogP contribution in [0.1, 0.15) is 69.0 Å². The van der Waals surface area contributed by atoms with Gasteiger partial charge in [0.15, 0.2) is 0 Å². The summed E-state index contributed by atoms with van der Waals surface area (Å²) in [4.78, 5) is 0. The zero-order valence-corrected chi connectivity index (χ0v) is 11.0. The summed E-state index contributed by atoms with van der Waals surface area (Å²) in [7, 11) is 0. The highest BCUT2D eigenvalue weighted by atomic mass is 16.3. The van der Waals surface area contributed by atoms with Gasteiger partial charge < -0.3 is 4.42 Å². The Bertz CT molecular complexity index is 417. The van der Waals surface area contributed by atoms with Crippen LogP contribution in [-0.4, -0.2) is 0 Å². The molecule has 1 heterocycles. The first-order chi connectivity index (χ1) is 8.26. The highest BCUT2D eigenvalue weighted by Gasteiger charge is 2.22. The van der Waals surface area contributed by atoms with E-state index in [0.29, 0.717) is 5.92 Å². The lowest BCUT2D eigenvalue weighted by Gasteiger charge is -2.02. The monoisotopic (exact) mass is 230 g/mol. The predicted octanol–water partition coefficient (Wildman–Crippen LogP) is 5.39. The molecule has 0 aromatic carbocycles. The molecule has 1 aliphatic carbocycles. The van der Waals surface area contributed by atoms with Crippen LogP contribution in [0, 0.1) is 0 Å². The third-order valence-electron chi connectivity index (χ3n) is 3.66. The summed E-state index contributed by atoms with van der Waals surface area (Å²) in [5.41, 5.74) is 2.37. The normalized spacial score (nSPS) is 17.1. The molecule has 2 rings (SSSR count). The van der Waals surface area contributed by atoms with E-state index in [4.69, 9.17) is 4.42 Å². The fourth-order valence-electron chi connectivity index (χ4n) is 2.58. The fourth-order valence-corrected chi connectivity index (χ4v) is 2.58. The van der Waals surface area contributed by atoms with Gasteiger partial charge in [-0.15, -0.1) is 0 Å². The first kappa shape index (κ1) is 12.2. The van der Waals surface area contributed by atoms with Gasteiger partial charge in [-0.25, -0.2) is 0 Å². The molecular weight excluding hydrogens is 208 g/mol. The van der Waals surface area contributed by atoms with Crippen LogP contribution in [0.15, 0.2) is 23.1 Å². The van der Waals surface area contributed by atoms with Crippen LogP contribution in [0.25, 0.3) is 11.6 Å². The lowest BCUT2D eigenvalue weighted by Crippen LogP contribution is -1.88. The maximum absolute atomic E-state index is 6.01. The number of hydrogen-bond acceptors (Lipinski definition) is 1. The maximum Gasteiger partial charge on any atom is 0.134 e. The smallest absolute Gasteiger partial charge is 0.134 e. The molecule has 1 saturated carbocycles. The molecule has 0 aliphatic heterocycles. The highest BCUT2D eigenvalue weighted by Crippen LogP contribution is 2.37. The Morgan fingerprint density at radius 3 is 2.76 bits per heavy atom. The number of furan rings is 1. The van der Waals surface area contributed by atoms with Gasteiger partial charge >= 0.3 is 0 Å². The van der Waals surface area contributed by atoms with Gasteiger partial charge in [0.05, 0.1) is 0 Å². The van der Waals surface area contributed by atoms with Gasteiger partial charge in [-0.3, -0.25) is 0 Å². The van der Waals surface area contributed by atoms with Crippen LogP contribution in [0.3, 0.4) is 0 Å². The largest absolute Gasteiger partial charge is 0.461 e. The molecule has 0 N–H and O–H groups in total. The second kappa shape index (κ2) is 5.39. The van der Waals surface area contributed by atoms with Crippen molar-refractivity contribution in [3.8, 4) is 0 Å². The van der Waals surface area contributed by atoms with Crippen molar-refractivity contribution in [2.24, 2.45) is 0 Å². The molecule has 1 heteroatoms. The quantitative estimate of drug-likeness (QED) is 0.675. The molecule has 1 aromatic rings. The molecule has 0 spiro atoms. The summed E-state index contributed by atoms with van der Waals surface area (Å²) in [6, 6.07) is 2.22. The minimum Gasteiger partial charge on any atom is -0.461 e. The predicted molar refractivity (Wildman–Crippen MR) is 74.0 cm³/mol. The van der Waals surface area contributed by atoms with Crippen LogP contribution in [0.2, 0.25) is 0 Å². The molecule has 1 aromatic heterocycles. The average molecular weight is 230 g/mol. The van der Waals surface area contributed by atoms with E-state index in [2.05, 4.69) is 25.6 Å². The van der Waals surface area contributed by atoms with Crippen LogP contribution >= 0.6 is 0 Å². The summed E-state index contributed by atoms with van der Waals surface area (Å²) in [6.07, 6.45) is 10.3. The zero-order valence-electron chi connectivity index (χ0n) is 11.0. The van der Waals surface area contributed by atoms with Crippen LogP contribution < -0.4 is 0 Å². The van der Waals surface area contributed by atoms with E-state index >= 15 is 0 Å². The van der Waals surface area contributed by atoms with Gasteiger partial charge in [-0.1, -0.05) is 32.4 Å². The molecule has 0 bridgehead atoms. The molecule has 0 unspecified atom stereocenters. The Labute approximate surface area is 104 Å². The van der Waals surface area contributed by atoms with Crippen LogP contribution in [-0.2, 0) is 0 Å². The van der Waals surface area contributed by atoms with E-state index < -0.39 is 0 Å². The Balaban J connectivity index is 2.32. The third kappa shape index (κ3) is 2.54. The lowest BCUT2D eigenvalue weighted by atomic mass is 10.0. The van der Waals surface area contributed by atoms with Crippen molar-refractivity contribution in [3.63, 3.8) is 0 Å². The summed E-state index contributed by atoms with van der Waals surface area (Å²) in [5, 5.41) is 0. The molecule has 92 valence electrons. The van der Waals surface area contributed by atoms with Crippen molar-refractivity contribution in [2.45, 2.75) is 51.9 Å². The Morgan fingerprint density at radius 1 is 1.47 bits per heavy atom. The Hall–Kier alpha value is -1.24. The average Bonchev–Trinajstić information content (AvgIpc) is 2.96. The maximum atomic E-state index is 6.01. The summed E-state index contributed by atoms with van der Waals surface area (Å²) in [5.74, 6) is 2.79. The standard InChI is InChI=1S/C16H22O/c1-4-8-15-14(12(3)5-2)11-16(17-15)13-9-6-7-10-13/h4,8,11,13H,3,5-7,9-10H2,1-2H3/b8-4-. The molecule has 1 nitrogen and oxygen atoms in total. The van der Waals surface area contributed by atoms with Gasteiger partial charge in [0.1, 0.15) is 11.5 Å². The fraction of sp³-hybridized carbons (Fsp3) is 0.500. The van der Waals surface area contributed by atoms with Crippen molar-refractivity contribution in [1.82, 2.24) is 0 Å². The van der Waals surface area contributed by atoms with Crippen molar-refractivity contribution in [2.75, 3.05) is 0 Å². The minimum atomic E-state index is 0.636. The van der Waals surface area contributed by atoms with E-state index in [-0.39, 0.29) is 0 Å². The van der Waals surface area contributed by atoms with Crippen LogP contribution in [0.4, 0.5) is 0 Å². The number of allylic oxidation sites excluding steroid dienone is 2. The highest BCUT2D eigenvalue weighted by molar-refractivity contribution is 5.71. The second-order valence-corrected chi connectivity index (χ2v) is 4.87. The zero-order chi connectivity index (χ0) is 12.3. The van der Waals surface area contributed by atoms with E-state index in [9.17, 15) is 0 Å². The SMILES string of the molecule is C=C(CC)c1cc(C2CCCC2)oc1/C=C\C. The van der Waals surface area contributed by atoms with Gasteiger partial charge in [-0.05, 0) is 43.9 Å². The van der Waals surface area contributed by atoms with Gasteiger partial charge in [0.2, 0.25) is 0 Å². The van der Waals surface area contributed by atoms with Gasteiger partial charge in [0, 0.05) is 11.5 Å². The molecular formula is C16H22O. The summed E-state index contributed by atoms with van der Waals surface area (Å²) in [6.45, 7) is 8.30. The minimum absolute atomic E-state index is 0.636. The van der Waals surface area contributed by atoms with Gasteiger partial charge in [0.25, 0.3) is 0 Å². The number of rotatable bonds is 4. The van der Waals surface area contributed by atoms with Crippen LogP contribution in [0.5, 0.6) is 0 Å². The summed E-state index contributed by atoms with van der Waals surface area (Å²) < 4.78 is 6.01. The second-order valence-electron chi connectivity index (χ2n) is 4.87. The van der Waals surface area contributed by atoms with Crippen molar-refractivity contribution in [1.29, 1.82) is 0 Å². The first-order valence-corrected chi connectivity index (χ1v) is 6.70. The molecule has 0 amide bonds. The molecule has 0 radical (unpaired) electrons. The van der Waals surface area contributed by atoms with Crippen molar-refractivity contribution >= 4 is 11.6 Å². The number of hydrogen-bond donors (Lipinski definition) is 0. The summed E-state index contributed by atoms with van der Waals surface area (Å²) >= 11 is 0. The molecule has 1 fully saturated rings. The topological polar surface area (TPSA) is 13.1 Å². The molecule has 0 saturated heterocycles. The Kier molecular flexibility index (Phi) is 3.88. The lowest BCUT2D eigenvalue weighted by molar-refractivity contribution is 0.458. The molecule has 1 aliphatic rings. The van der Waals surface area contributed by atoms with E-state index in [1.54, 1.807) is 0 Å². The van der Waals surface area contributed by atoms with E-state index in [0.717, 1.165) is 12.2 Å². The Morgan fingerprint density at radius 2 is 2.18 bits per heavy atom. The van der Waals surface area contributed by atoms with Gasteiger partial charge in [-0.2, -0.15) is 0 Å². The van der Waals surface area contributed by atoms with E-state index in [1.807, 2.05) is 13.0 Å². The van der Waals surface area contributed by atoms with E-state index in [1.165, 1.54) is 42.6 Å².